The monoisotopic (exact) mass is 386 g/mol. The quantitative estimate of drug-likeness (QED) is 0.344. The van der Waals surface area contributed by atoms with E-state index in [2.05, 4.69) is 29.5 Å². The fraction of sp³-hybridized carbons (Fsp3) is 0.895. The van der Waals surface area contributed by atoms with Gasteiger partial charge in [-0.25, -0.2) is 4.68 Å². The molecule has 0 aromatic carbocycles. The summed E-state index contributed by atoms with van der Waals surface area (Å²) < 4.78 is 23.7. The van der Waals surface area contributed by atoms with Gasteiger partial charge in [0.25, 0.3) is 0 Å². The Kier molecular flexibility index (Phi) is 16.3. The lowest BCUT2D eigenvalue weighted by Gasteiger charge is -2.07. The summed E-state index contributed by atoms with van der Waals surface area (Å²) in [6.45, 7) is 11.9. The topological polar surface area (TPSA) is 79.7 Å². The van der Waals surface area contributed by atoms with Crippen molar-refractivity contribution in [3.63, 3.8) is 0 Å². The van der Waals surface area contributed by atoms with E-state index in [4.69, 9.17) is 18.9 Å². The van der Waals surface area contributed by atoms with Crippen LogP contribution >= 0.6 is 0 Å². The number of ether oxygens (including phenoxy) is 4. The standard InChI is InChI=1S/C19H38N4O4/c1-3-5-6-7-20-8-11-25-13-14-26-15-16-27-18-19-17-23(22-21-19)9-12-24-10-4-2/h17,20H,3-16,18H2,1-2H3. The van der Waals surface area contributed by atoms with Gasteiger partial charge in [0.05, 0.1) is 59.0 Å². The van der Waals surface area contributed by atoms with Crippen LogP contribution in [0.15, 0.2) is 6.20 Å². The minimum absolute atomic E-state index is 0.444. The van der Waals surface area contributed by atoms with Gasteiger partial charge >= 0.3 is 0 Å². The van der Waals surface area contributed by atoms with Crippen LogP contribution in [0.5, 0.6) is 0 Å². The maximum absolute atomic E-state index is 5.55. The first kappa shape index (κ1) is 24.0. The summed E-state index contributed by atoms with van der Waals surface area (Å²) >= 11 is 0. The Morgan fingerprint density at radius 1 is 0.815 bits per heavy atom. The van der Waals surface area contributed by atoms with Gasteiger partial charge in [0.2, 0.25) is 0 Å². The van der Waals surface area contributed by atoms with E-state index in [1.54, 1.807) is 4.68 Å². The average Bonchev–Trinajstić information content (AvgIpc) is 3.13. The highest BCUT2D eigenvalue weighted by atomic mass is 16.5. The third-order valence-electron chi connectivity index (χ3n) is 3.77. The molecule has 0 amide bonds. The van der Waals surface area contributed by atoms with Gasteiger partial charge < -0.3 is 24.3 Å². The molecule has 1 rings (SSSR count). The molecule has 1 N–H and O–H groups in total. The molecule has 1 heterocycles. The summed E-state index contributed by atoms with van der Waals surface area (Å²) in [5.41, 5.74) is 0.820. The third kappa shape index (κ3) is 14.6. The Bertz CT molecular complexity index is 432. The van der Waals surface area contributed by atoms with Crippen molar-refractivity contribution in [1.82, 2.24) is 20.3 Å². The Morgan fingerprint density at radius 3 is 2.33 bits per heavy atom. The molecule has 0 atom stereocenters. The zero-order chi connectivity index (χ0) is 19.4. The normalized spacial score (nSPS) is 11.3. The molecule has 27 heavy (non-hydrogen) atoms. The molecule has 0 saturated heterocycles. The van der Waals surface area contributed by atoms with Crippen molar-refractivity contribution in [3.8, 4) is 0 Å². The van der Waals surface area contributed by atoms with Gasteiger partial charge in [-0.2, -0.15) is 0 Å². The number of nitrogens with zero attached hydrogens (tertiary/aromatic N) is 3. The van der Waals surface area contributed by atoms with Crippen LogP contribution in [0.2, 0.25) is 0 Å². The number of hydrogen-bond acceptors (Lipinski definition) is 7. The van der Waals surface area contributed by atoms with Crippen LogP contribution in [0.25, 0.3) is 0 Å². The van der Waals surface area contributed by atoms with E-state index in [9.17, 15) is 0 Å². The highest BCUT2D eigenvalue weighted by Crippen LogP contribution is 1.96. The lowest BCUT2D eigenvalue weighted by atomic mass is 10.2. The molecule has 0 saturated carbocycles. The number of hydrogen-bond donors (Lipinski definition) is 1. The molecule has 0 radical (unpaired) electrons. The minimum atomic E-state index is 0.444. The van der Waals surface area contributed by atoms with Gasteiger partial charge in [-0.15, -0.1) is 5.10 Å². The fourth-order valence-electron chi connectivity index (χ4n) is 2.30. The first-order valence-corrected chi connectivity index (χ1v) is 10.3. The van der Waals surface area contributed by atoms with Crippen molar-refractivity contribution in [2.75, 3.05) is 59.3 Å². The number of unbranched alkanes of at least 4 members (excludes halogenated alkanes) is 2. The summed E-state index contributed by atoms with van der Waals surface area (Å²) in [6, 6.07) is 0. The van der Waals surface area contributed by atoms with E-state index in [-0.39, 0.29) is 0 Å². The van der Waals surface area contributed by atoms with E-state index in [0.29, 0.717) is 46.2 Å². The van der Waals surface area contributed by atoms with Crippen LogP contribution in [0.3, 0.4) is 0 Å². The molecule has 0 aliphatic rings. The summed E-state index contributed by atoms with van der Waals surface area (Å²) in [5, 5.41) is 11.5. The first-order chi connectivity index (χ1) is 13.4. The van der Waals surface area contributed by atoms with Crippen LogP contribution in [0.1, 0.15) is 45.2 Å². The van der Waals surface area contributed by atoms with Crippen molar-refractivity contribution in [2.45, 2.75) is 52.7 Å². The predicted octanol–water partition coefficient (Wildman–Crippen LogP) is 2.03. The van der Waals surface area contributed by atoms with E-state index >= 15 is 0 Å². The van der Waals surface area contributed by atoms with Gasteiger partial charge in [0, 0.05) is 13.2 Å². The fourth-order valence-corrected chi connectivity index (χ4v) is 2.30. The van der Waals surface area contributed by atoms with Gasteiger partial charge in [-0.05, 0) is 19.4 Å². The molecule has 0 bridgehead atoms. The number of rotatable bonds is 20. The molecule has 1 aromatic heterocycles. The maximum Gasteiger partial charge on any atom is 0.108 e. The minimum Gasteiger partial charge on any atom is -0.380 e. The second kappa shape index (κ2) is 18.3. The molecule has 0 unspecified atom stereocenters. The van der Waals surface area contributed by atoms with E-state index in [0.717, 1.165) is 38.4 Å². The van der Waals surface area contributed by atoms with Crippen molar-refractivity contribution in [1.29, 1.82) is 0 Å². The van der Waals surface area contributed by atoms with Crippen LogP contribution in [-0.2, 0) is 32.1 Å². The van der Waals surface area contributed by atoms with E-state index in [1.807, 2.05) is 6.20 Å². The van der Waals surface area contributed by atoms with Crippen LogP contribution in [-0.4, -0.2) is 74.3 Å². The SMILES string of the molecule is CCCCCNCCOCCOCCOCc1cn(CCOCCC)nn1. The highest BCUT2D eigenvalue weighted by molar-refractivity contribution is 4.89. The van der Waals surface area contributed by atoms with Crippen molar-refractivity contribution >= 4 is 0 Å². The molecule has 158 valence electrons. The summed E-state index contributed by atoms with van der Waals surface area (Å²) in [4.78, 5) is 0. The number of nitrogens with one attached hydrogen (secondary N) is 1. The highest BCUT2D eigenvalue weighted by Gasteiger charge is 2.01. The number of aromatic nitrogens is 3. The van der Waals surface area contributed by atoms with Gasteiger partial charge in [0.15, 0.2) is 0 Å². The van der Waals surface area contributed by atoms with Gasteiger partial charge in [-0.1, -0.05) is 31.9 Å². The summed E-state index contributed by atoms with van der Waals surface area (Å²) in [6.07, 6.45) is 6.70. The molecule has 0 fully saturated rings. The Hall–Kier alpha value is -1.06. The molecule has 0 spiro atoms. The summed E-state index contributed by atoms with van der Waals surface area (Å²) in [5.74, 6) is 0. The second-order valence-corrected chi connectivity index (χ2v) is 6.32. The lowest BCUT2D eigenvalue weighted by Crippen LogP contribution is -2.21. The van der Waals surface area contributed by atoms with Crippen molar-refractivity contribution < 1.29 is 18.9 Å². The first-order valence-electron chi connectivity index (χ1n) is 10.3. The molecule has 0 aliphatic carbocycles. The lowest BCUT2D eigenvalue weighted by molar-refractivity contribution is 0.0106. The molecule has 8 heteroatoms. The van der Waals surface area contributed by atoms with Crippen LogP contribution in [0, 0.1) is 0 Å². The van der Waals surface area contributed by atoms with Crippen molar-refractivity contribution in [2.24, 2.45) is 0 Å². The van der Waals surface area contributed by atoms with E-state index in [1.165, 1.54) is 19.3 Å². The van der Waals surface area contributed by atoms with Crippen molar-refractivity contribution in [3.05, 3.63) is 11.9 Å². The Labute approximate surface area is 163 Å². The third-order valence-corrected chi connectivity index (χ3v) is 3.77. The smallest absolute Gasteiger partial charge is 0.108 e. The van der Waals surface area contributed by atoms with E-state index < -0.39 is 0 Å². The maximum atomic E-state index is 5.55. The second-order valence-electron chi connectivity index (χ2n) is 6.32. The Balaban J connectivity index is 1.83. The largest absolute Gasteiger partial charge is 0.380 e. The van der Waals surface area contributed by atoms with Crippen LogP contribution in [0.4, 0.5) is 0 Å². The molecule has 8 nitrogen and oxygen atoms in total. The Morgan fingerprint density at radius 2 is 1.56 bits per heavy atom. The van der Waals surface area contributed by atoms with Crippen LogP contribution < -0.4 is 5.32 Å². The molecule has 1 aromatic rings. The molecular weight excluding hydrogens is 348 g/mol. The predicted molar refractivity (Wildman–Crippen MR) is 105 cm³/mol. The summed E-state index contributed by atoms with van der Waals surface area (Å²) in [7, 11) is 0. The van der Waals surface area contributed by atoms with Gasteiger partial charge in [-0.3, -0.25) is 0 Å². The molecule has 0 aliphatic heterocycles. The zero-order valence-corrected chi connectivity index (χ0v) is 17.2. The zero-order valence-electron chi connectivity index (χ0n) is 17.2. The molecular formula is C19H38N4O4. The van der Waals surface area contributed by atoms with Gasteiger partial charge in [0.1, 0.15) is 5.69 Å². The average molecular weight is 387 g/mol.